The van der Waals surface area contributed by atoms with Crippen LogP contribution in [0.3, 0.4) is 0 Å². The molecule has 1 aromatic rings. The number of carbonyl (C=O) groups excluding carboxylic acids is 1. The molecule has 1 amide bonds. The molecule has 1 aliphatic heterocycles. The fourth-order valence-corrected chi connectivity index (χ4v) is 2.44. The van der Waals surface area contributed by atoms with Gasteiger partial charge in [-0.3, -0.25) is 4.79 Å². The predicted molar refractivity (Wildman–Crippen MR) is 83.4 cm³/mol. The Morgan fingerprint density at radius 3 is 2.62 bits per heavy atom. The SMILES string of the molecule is Cc1ccc(OCC(=O)N2CCN(C)CC2)c([C@H](C)N)c1. The van der Waals surface area contributed by atoms with E-state index in [1.165, 1.54) is 0 Å². The monoisotopic (exact) mass is 291 g/mol. The molecule has 1 aliphatic rings. The predicted octanol–water partition coefficient (Wildman–Crippen LogP) is 1.17. The van der Waals surface area contributed by atoms with Crippen molar-refractivity contribution in [1.82, 2.24) is 9.80 Å². The van der Waals surface area contributed by atoms with E-state index in [-0.39, 0.29) is 18.6 Å². The second-order valence-corrected chi connectivity index (χ2v) is 5.80. The highest BCUT2D eigenvalue weighted by molar-refractivity contribution is 5.78. The number of piperazine rings is 1. The number of aryl methyl sites for hydroxylation is 1. The number of amides is 1. The molecule has 0 bridgehead atoms. The van der Waals surface area contributed by atoms with Crippen LogP contribution in [0.5, 0.6) is 5.75 Å². The van der Waals surface area contributed by atoms with Crippen LogP contribution in [0, 0.1) is 6.92 Å². The van der Waals surface area contributed by atoms with Gasteiger partial charge in [0.15, 0.2) is 6.61 Å². The number of carbonyl (C=O) groups is 1. The number of benzene rings is 1. The fourth-order valence-electron chi connectivity index (χ4n) is 2.44. The molecule has 2 N–H and O–H groups in total. The van der Waals surface area contributed by atoms with Crippen LogP contribution in [0.2, 0.25) is 0 Å². The maximum Gasteiger partial charge on any atom is 0.260 e. The third kappa shape index (κ3) is 4.19. The summed E-state index contributed by atoms with van der Waals surface area (Å²) in [6.07, 6.45) is 0. The lowest BCUT2D eigenvalue weighted by atomic mass is 10.1. The van der Waals surface area contributed by atoms with Crippen molar-refractivity contribution in [3.63, 3.8) is 0 Å². The van der Waals surface area contributed by atoms with Gasteiger partial charge in [-0.25, -0.2) is 0 Å². The van der Waals surface area contributed by atoms with E-state index in [2.05, 4.69) is 11.9 Å². The van der Waals surface area contributed by atoms with Crippen LogP contribution in [0.4, 0.5) is 0 Å². The summed E-state index contributed by atoms with van der Waals surface area (Å²) in [7, 11) is 2.07. The standard InChI is InChI=1S/C16H25N3O2/c1-12-4-5-15(14(10-12)13(2)17)21-11-16(20)19-8-6-18(3)7-9-19/h4-5,10,13H,6-9,11,17H2,1-3H3/t13-/m0/s1. The van der Waals surface area contributed by atoms with Crippen molar-refractivity contribution < 1.29 is 9.53 Å². The zero-order chi connectivity index (χ0) is 15.4. The number of hydrogen-bond acceptors (Lipinski definition) is 4. The van der Waals surface area contributed by atoms with Gasteiger partial charge in [-0.15, -0.1) is 0 Å². The second-order valence-electron chi connectivity index (χ2n) is 5.80. The van der Waals surface area contributed by atoms with E-state index in [0.29, 0.717) is 5.75 Å². The molecule has 0 aliphatic carbocycles. The van der Waals surface area contributed by atoms with Crippen LogP contribution in [-0.4, -0.2) is 55.5 Å². The maximum atomic E-state index is 12.2. The molecule has 1 atom stereocenters. The molecular weight excluding hydrogens is 266 g/mol. The van der Waals surface area contributed by atoms with Crippen molar-refractivity contribution in [2.45, 2.75) is 19.9 Å². The topological polar surface area (TPSA) is 58.8 Å². The Morgan fingerprint density at radius 2 is 2.00 bits per heavy atom. The first-order valence-corrected chi connectivity index (χ1v) is 7.42. The summed E-state index contributed by atoms with van der Waals surface area (Å²) in [6.45, 7) is 7.39. The zero-order valence-corrected chi connectivity index (χ0v) is 13.1. The molecule has 1 fully saturated rings. The molecule has 0 spiro atoms. The van der Waals surface area contributed by atoms with E-state index in [4.69, 9.17) is 10.5 Å². The molecule has 0 saturated carbocycles. The minimum atomic E-state index is -0.112. The highest BCUT2D eigenvalue weighted by Gasteiger charge is 2.19. The van der Waals surface area contributed by atoms with Gasteiger partial charge in [-0.05, 0) is 27.0 Å². The van der Waals surface area contributed by atoms with Gasteiger partial charge in [0.05, 0.1) is 0 Å². The Kier molecular flexibility index (Phi) is 5.20. The quantitative estimate of drug-likeness (QED) is 0.904. The Bertz CT molecular complexity index is 494. The van der Waals surface area contributed by atoms with E-state index in [1.807, 2.05) is 36.9 Å². The lowest BCUT2D eigenvalue weighted by Crippen LogP contribution is -2.48. The average molecular weight is 291 g/mol. The fraction of sp³-hybridized carbons (Fsp3) is 0.562. The van der Waals surface area contributed by atoms with Gasteiger partial charge >= 0.3 is 0 Å². The summed E-state index contributed by atoms with van der Waals surface area (Å²) in [4.78, 5) is 16.3. The van der Waals surface area contributed by atoms with Gasteiger partial charge < -0.3 is 20.3 Å². The van der Waals surface area contributed by atoms with Gasteiger partial charge in [0.25, 0.3) is 5.91 Å². The van der Waals surface area contributed by atoms with Gasteiger partial charge in [0, 0.05) is 37.8 Å². The van der Waals surface area contributed by atoms with Gasteiger partial charge in [-0.1, -0.05) is 17.7 Å². The van der Waals surface area contributed by atoms with Crippen LogP contribution in [0.25, 0.3) is 0 Å². The molecule has 1 aromatic carbocycles. The van der Waals surface area contributed by atoms with Crippen molar-refractivity contribution >= 4 is 5.91 Å². The van der Waals surface area contributed by atoms with Crippen molar-refractivity contribution in [3.8, 4) is 5.75 Å². The van der Waals surface area contributed by atoms with E-state index in [9.17, 15) is 4.79 Å². The van der Waals surface area contributed by atoms with Crippen molar-refractivity contribution in [3.05, 3.63) is 29.3 Å². The normalized spacial score (nSPS) is 17.6. The summed E-state index contributed by atoms with van der Waals surface area (Å²) in [6, 6.07) is 5.77. The molecule has 5 nitrogen and oxygen atoms in total. The summed E-state index contributed by atoms with van der Waals surface area (Å²) >= 11 is 0. The summed E-state index contributed by atoms with van der Waals surface area (Å²) in [5.41, 5.74) is 8.05. The van der Waals surface area contributed by atoms with E-state index < -0.39 is 0 Å². The molecule has 21 heavy (non-hydrogen) atoms. The molecule has 1 heterocycles. The number of likely N-dealkylation sites (N-methyl/N-ethyl adjacent to an activating group) is 1. The smallest absolute Gasteiger partial charge is 0.260 e. The largest absolute Gasteiger partial charge is 0.483 e. The molecule has 2 rings (SSSR count). The Labute approximate surface area is 126 Å². The van der Waals surface area contributed by atoms with Crippen molar-refractivity contribution in [1.29, 1.82) is 0 Å². The molecule has 5 heteroatoms. The van der Waals surface area contributed by atoms with Crippen LogP contribution in [0.15, 0.2) is 18.2 Å². The van der Waals surface area contributed by atoms with E-state index in [0.717, 1.165) is 37.3 Å². The summed E-state index contributed by atoms with van der Waals surface area (Å²) in [5, 5.41) is 0. The van der Waals surface area contributed by atoms with Crippen molar-refractivity contribution in [2.75, 3.05) is 39.8 Å². The van der Waals surface area contributed by atoms with Crippen LogP contribution < -0.4 is 10.5 Å². The Morgan fingerprint density at radius 1 is 1.33 bits per heavy atom. The number of nitrogens with two attached hydrogens (primary N) is 1. The molecule has 0 radical (unpaired) electrons. The minimum absolute atomic E-state index is 0.0410. The van der Waals surface area contributed by atoms with Crippen LogP contribution >= 0.6 is 0 Å². The molecule has 1 saturated heterocycles. The third-order valence-electron chi connectivity index (χ3n) is 3.86. The van der Waals surface area contributed by atoms with Gasteiger partial charge in [0.1, 0.15) is 5.75 Å². The number of hydrogen-bond donors (Lipinski definition) is 1. The Hall–Kier alpha value is -1.59. The first-order chi connectivity index (χ1) is 9.97. The zero-order valence-electron chi connectivity index (χ0n) is 13.1. The van der Waals surface area contributed by atoms with E-state index >= 15 is 0 Å². The number of rotatable bonds is 4. The first-order valence-electron chi connectivity index (χ1n) is 7.42. The summed E-state index contributed by atoms with van der Waals surface area (Å²) < 4.78 is 5.71. The summed E-state index contributed by atoms with van der Waals surface area (Å²) in [5.74, 6) is 0.748. The lowest BCUT2D eigenvalue weighted by molar-refractivity contribution is -0.134. The lowest BCUT2D eigenvalue weighted by Gasteiger charge is -2.32. The van der Waals surface area contributed by atoms with E-state index in [1.54, 1.807) is 0 Å². The molecule has 0 aromatic heterocycles. The van der Waals surface area contributed by atoms with Crippen molar-refractivity contribution in [2.24, 2.45) is 5.73 Å². The average Bonchev–Trinajstić information content (AvgIpc) is 2.46. The molecule has 0 unspecified atom stereocenters. The van der Waals surface area contributed by atoms with Gasteiger partial charge in [-0.2, -0.15) is 0 Å². The second kappa shape index (κ2) is 6.91. The van der Waals surface area contributed by atoms with Crippen LogP contribution in [0.1, 0.15) is 24.1 Å². The third-order valence-corrected chi connectivity index (χ3v) is 3.86. The first kappa shape index (κ1) is 15.8. The molecular formula is C16H25N3O2. The van der Waals surface area contributed by atoms with Gasteiger partial charge in [0.2, 0.25) is 0 Å². The number of nitrogens with zero attached hydrogens (tertiary/aromatic N) is 2. The number of ether oxygens (including phenoxy) is 1. The highest BCUT2D eigenvalue weighted by atomic mass is 16.5. The maximum absolute atomic E-state index is 12.2. The minimum Gasteiger partial charge on any atom is -0.483 e. The van der Waals surface area contributed by atoms with Crippen LogP contribution in [-0.2, 0) is 4.79 Å². The molecule has 116 valence electrons. The highest BCUT2D eigenvalue weighted by Crippen LogP contribution is 2.25. The Balaban J connectivity index is 1.95.